The fourth-order valence-corrected chi connectivity index (χ4v) is 5.25. The summed E-state index contributed by atoms with van der Waals surface area (Å²) in [6.07, 6.45) is 1.65. The summed E-state index contributed by atoms with van der Waals surface area (Å²) in [6.45, 7) is -0.637. The normalized spacial score (nSPS) is 13.7. The van der Waals surface area contributed by atoms with Crippen LogP contribution < -0.4 is 14.5 Å². The molecule has 0 aromatic heterocycles. The second-order valence-electron chi connectivity index (χ2n) is 7.74. The van der Waals surface area contributed by atoms with Crippen molar-refractivity contribution >= 4 is 45.3 Å². The average molecular weight is 527 g/mol. The molecule has 1 aliphatic heterocycles. The molecule has 1 fully saturated rings. The zero-order valence-corrected chi connectivity index (χ0v) is 20.5. The maximum absolute atomic E-state index is 13.3. The number of nitrogens with one attached hydrogen (secondary N) is 1. The van der Waals surface area contributed by atoms with E-state index in [2.05, 4.69) is 10.5 Å². The number of amides is 1. The van der Waals surface area contributed by atoms with Crippen molar-refractivity contribution in [1.29, 1.82) is 0 Å². The number of nitrogens with zero attached hydrogens (tertiary/aromatic N) is 3. The van der Waals surface area contributed by atoms with Crippen LogP contribution in [0.15, 0.2) is 88.9 Å². The number of nitro groups is 1. The molecule has 1 N–H and O–H groups in total. The van der Waals surface area contributed by atoms with Gasteiger partial charge in [0.15, 0.2) is 0 Å². The van der Waals surface area contributed by atoms with Gasteiger partial charge in [-0.15, -0.1) is 0 Å². The van der Waals surface area contributed by atoms with E-state index in [0.717, 1.165) is 27.6 Å². The number of carbonyl (C=O) groups excluding carboxylic acids is 1. The predicted octanol–water partition coefficient (Wildman–Crippen LogP) is 3.43. The molecule has 4 rings (SSSR count). The summed E-state index contributed by atoms with van der Waals surface area (Å²) in [6, 6.07) is 19.8. The van der Waals surface area contributed by atoms with Crippen LogP contribution in [-0.2, 0) is 14.8 Å². The molecular formula is C24H22N4O6S2. The van der Waals surface area contributed by atoms with Crippen LogP contribution in [0.3, 0.4) is 0 Å². The van der Waals surface area contributed by atoms with Gasteiger partial charge in [0.1, 0.15) is 18.4 Å². The van der Waals surface area contributed by atoms with E-state index in [1.165, 1.54) is 36.5 Å². The number of benzene rings is 3. The van der Waals surface area contributed by atoms with Gasteiger partial charge in [-0.2, -0.15) is 16.9 Å². The van der Waals surface area contributed by atoms with Gasteiger partial charge in [-0.1, -0.05) is 24.3 Å². The van der Waals surface area contributed by atoms with E-state index >= 15 is 0 Å². The van der Waals surface area contributed by atoms with Gasteiger partial charge in [0.2, 0.25) is 0 Å². The number of rotatable bonds is 10. The zero-order valence-electron chi connectivity index (χ0n) is 18.9. The molecule has 0 atom stereocenters. The second kappa shape index (κ2) is 11.2. The molecule has 0 saturated carbocycles. The summed E-state index contributed by atoms with van der Waals surface area (Å²) in [5, 5.41) is 15.1. The Hall–Kier alpha value is -3.90. The van der Waals surface area contributed by atoms with E-state index in [0.29, 0.717) is 5.56 Å². The Morgan fingerprint density at radius 3 is 2.47 bits per heavy atom. The van der Waals surface area contributed by atoms with Gasteiger partial charge in [-0.3, -0.25) is 19.2 Å². The van der Waals surface area contributed by atoms with Crippen LogP contribution in [0.4, 0.5) is 11.4 Å². The summed E-state index contributed by atoms with van der Waals surface area (Å²) in [7, 11) is -4.20. The maximum Gasteiger partial charge on any atom is 0.271 e. The fraction of sp³-hybridized carbons (Fsp3) is 0.167. The lowest BCUT2D eigenvalue weighted by Crippen LogP contribution is -2.39. The highest BCUT2D eigenvalue weighted by atomic mass is 32.2. The Labute approximate surface area is 212 Å². The highest BCUT2D eigenvalue weighted by Gasteiger charge is 2.28. The molecule has 12 heteroatoms. The van der Waals surface area contributed by atoms with Crippen LogP contribution in [0.25, 0.3) is 0 Å². The minimum absolute atomic E-state index is 0.0207. The third-order valence-corrected chi connectivity index (χ3v) is 8.14. The Morgan fingerprint density at radius 2 is 1.83 bits per heavy atom. The van der Waals surface area contributed by atoms with Crippen LogP contribution in [0.2, 0.25) is 0 Å². The Bertz CT molecular complexity index is 1360. The second-order valence-corrected chi connectivity index (χ2v) is 10.7. The van der Waals surface area contributed by atoms with Gasteiger partial charge in [-0.25, -0.2) is 13.8 Å². The van der Waals surface area contributed by atoms with Crippen LogP contribution in [0.5, 0.6) is 5.75 Å². The lowest BCUT2D eigenvalue weighted by molar-refractivity contribution is -0.384. The highest BCUT2D eigenvalue weighted by Crippen LogP contribution is 2.27. The summed E-state index contributed by atoms with van der Waals surface area (Å²) < 4.78 is 33.2. The topological polar surface area (TPSA) is 131 Å². The Morgan fingerprint density at radius 1 is 1.11 bits per heavy atom. The minimum atomic E-state index is -4.20. The fourth-order valence-electron chi connectivity index (χ4n) is 3.25. The van der Waals surface area contributed by atoms with Gasteiger partial charge < -0.3 is 4.74 Å². The number of carbonyl (C=O) groups is 1. The van der Waals surface area contributed by atoms with E-state index in [1.54, 1.807) is 30.3 Å². The first-order chi connectivity index (χ1) is 17.3. The SMILES string of the molecule is O=C(CN(c1cccc([N+](=O)[O-])c1)S(=O)(=O)c1ccccc1)NN=Cc1ccc(OC2CSC2)cc1. The Kier molecular flexibility index (Phi) is 7.86. The van der Waals surface area contributed by atoms with Gasteiger partial charge in [0.25, 0.3) is 21.6 Å². The number of hydrogen-bond acceptors (Lipinski definition) is 8. The van der Waals surface area contributed by atoms with Crippen molar-refractivity contribution in [2.24, 2.45) is 5.10 Å². The van der Waals surface area contributed by atoms with Crippen molar-refractivity contribution in [1.82, 2.24) is 5.43 Å². The quantitative estimate of drug-likeness (QED) is 0.243. The van der Waals surface area contributed by atoms with Crippen LogP contribution in [0.1, 0.15) is 5.56 Å². The lowest BCUT2D eigenvalue weighted by atomic mass is 10.2. The number of ether oxygens (including phenoxy) is 1. The summed E-state index contributed by atoms with van der Waals surface area (Å²) in [4.78, 5) is 23.2. The molecule has 0 unspecified atom stereocenters. The smallest absolute Gasteiger partial charge is 0.271 e. The van der Waals surface area contributed by atoms with Gasteiger partial charge in [0.05, 0.1) is 21.7 Å². The van der Waals surface area contributed by atoms with Crippen molar-refractivity contribution in [2.75, 3.05) is 22.4 Å². The number of hydrogen-bond donors (Lipinski definition) is 1. The Balaban J connectivity index is 1.48. The first-order valence-electron chi connectivity index (χ1n) is 10.8. The third kappa shape index (κ3) is 6.20. The first kappa shape index (κ1) is 25.2. The maximum atomic E-state index is 13.3. The number of sulfonamides is 1. The summed E-state index contributed by atoms with van der Waals surface area (Å²) in [5.41, 5.74) is 2.70. The summed E-state index contributed by atoms with van der Waals surface area (Å²) >= 11 is 1.83. The van der Waals surface area contributed by atoms with E-state index in [4.69, 9.17) is 4.74 Å². The molecule has 1 heterocycles. The molecule has 3 aromatic rings. The molecule has 0 aliphatic carbocycles. The summed E-state index contributed by atoms with van der Waals surface area (Å²) in [5.74, 6) is 1.98. The van der Waals surface area contributed by atoms with Crippen molar-refractivity contribution < 1.29 is 22.9 Å². The molecule has 3 aromatic carbocycles. The molecule has 0 bridgehead atoms. The minimum Gasteiger partial charge on any atom is -0.489 e. The van der Waals surface area contributed by atoms with Gasteiger partial charge >= 0.3 is 0 Å². The number of thioether (sulfide) groups is 1. The first-order valence-corrected chi connectivity index (χ1v) is 13.4. The number of non-ortho nitro benzene ring substituents is 1. The van der Waals surface area contributed by atoms with E-state index in [1.807, 2.05) is 23.9 Å². The number of nitro benzene ring substituents is 1. The van der Waals surface area contributed by atoms with Crippen LogP contribution in [-0.4, -0.2) is 49.6 Å². The van der Waals surface area contributed by atoms with Gasteiger partial charge in [0, 0.05) is 23.6 Å². The molecule has 1 aliphatic rings. The van der Waals surface area contributed by atoms with E-state index in [-0.39, 0.29) is 22.4 Å². The van der Waals surface area contributed by atoms with Crippen LogP contribution >= 0.6 is 11.8 Å². The average Bonchev–Trinajstić information content (AvgIpc) is 2.86. The predicted molar refractivity (Wildman–Crippen MR) is 138 cm³/mol. The highest BCUT2D eigenvalue weighted by molar-refractivity contribution is 8.00. The standard InChI is InChI=1S/C24H22N4O6S2/c29-24(26-25-14-18-9-11-21(12-10-18)34-22-16-35-17-22)15-27(19-5-4-6-20(13-19)28(30)31)36(32,33)23-7-2-1-3-8-23/h1-14,22H,15-17H2,(H,26,29). The molecular weight excluding hydrogens is 504 g/mol. The lowest BCUT2D eigenvalue weighted by Gasteiger charge is -2.25. The molecule has 1 amide bonds. The largest absolute Gasteiger partial charge is 0.489 e. The monoisotopic (exact) mass is 526 g/mol. The zero-order chi connectivity index (χ0) is 25.5. The molecule has 1 saturated heterocycles. The molecule has 186 valence electrons. The van der Waals surface area contributed by atoms with Crippen molar-refractivity contribution in [3.63, 3.8) is 0 Å². The van der Waals surface area contributed by atoms with Crippen molar-refractivity contribution in [2.45, 2.75) is 11.0 Å². The molecule has 0 radical (unpaired) electrons. The molecule has 36 heavy (non-hydrogen) atoms. The van der Waals surface area contributed by atoms with E-state index < -0.39 is 27.4 Å². The van der Waals surface area contributed by atoms with Crippen molar-refractivity contribution in [3.05, 3.63) is 94.5 Å². The van der Waals surface area contributed by atoms with Crippen molar-refractivity contribution in [3.8, 4) is 5.75 Å². The molecule has 10 nitrogen and oxygen atoms in total. The number of anilines is 1. The van der Waals surface area contributed by atoms with Gasteiger partial charge in [-0.05, 0) is 48.0 Å². The molecule has 0 spiro atoms. The third-order valence-electron chi connectivity index (χ3n) is 5.14. The van der Waals surface area contributed by atoms with E-state index in [9.17, 15) is 23.3 Å². The number of hydrazone groups is 1. The van der Waals surface area contributed by atoms with Crippen LogP contribution in [0, 0.1) is 10.1 Å².